The fraction of sp³-hybridized carbons (Fsp3) is 0.0714. The Labute approximate surface area is 243 Å². The zero-order valence-corrected chi connectivity index (χ0v) is 23.7. The van der Waals surface area contributed by atoms with E-state index in [4.69, 9.17) is 27.6 Å². The number of amidine groups is 1. The monoisotopic (exact) mass is 607 g/mol. The molecule has 0 radical (unpaired) electrons. The minimum Gasteiger partial charge on any atom is -0.419 e. The molecule has 0 bridgehead atoms. The third-order valence-corrected chi connectivity index (χ3v) is 9.12. The summed E-state index contributed by atoms with van der Waals surface area (Å²) in [4.78, 5) is 18.5. The molecule has 1 aliphatic rings. The molecule has 40 heavy (non-hydrogen) atoms. The number of hydrogen-bond acceptors (Lipinski definition) is 8. The average molecular weight is 609 g/mol. The number of hydrogen-bond donors (Lipinski definition) is 1. The maximum absolute atomic E-state index is 13.2. The molecule has 0 aliphatic carbocycles. The number of benzene rings is 3. The number of fused-ring (bicyclic) bond motifs is 2. The number of nitrogens with one attached hydrogen (secondary N) is 1. The summed E-state index contributed by atoms with van der Waals surface area (Å²) in [6, 6.07) is 23.1. The van der Waals surface area contributed by atoms with Crippen molar-refractivity contribution in [1.29, 1.82) is 0 Å². The molecule has 1 N–H and O–H groups in total. The van der Waals surface area contributed by atoms with Gasteiger partial charge < -0.3 is 4.42 Å². The summed E-state index contributed by atoms with van der Waals surface area (Å²) in [5, 5.41) is 1.82. The van der Waals surface area contributed by atoms with Gasteiger partial charge in [0.1, 0.15) is 4.90 Å². The summed E-state index contributed by atoms with van der Waals surface area (Å²) in [7, 11) is -3.92. The molecule has 5 aromatic rings. The van der Waals surface area contributed by atoms with E-state index in [1.165, 1.54) is 17.8 Å². The van der Waals surface area contributed by atoms with E-state index in [0.29, 0.717) is 50.6 Å². The van der Waals surface area contributed by atoms with Crippen molar-refractivity contribution in [3.8, 4) is 11.5 Å². The van der Waals surface area contributed by atoms with Crippen LogP contribution in [0, 0.1) is 0 Å². The van der Waals surface area contributed by atoms with Crippen LogP contribution in [-0.4, -0.2) is 30.1 Å². The third kappa shape index (κ3) is 5.62. The van der Waals surface area contributed by atoms with E-state index in [1.807, 2.05) is 42.5 Å². The Bertz CT molecular complexity index is 1950. The van der Waals surface area contributed by atoms with Crippen molar-refractivity contribution in [3.05, 3.63) is 106 Å². The van der Waals surface area contributed by atoms with Crippen molar-refractivity contribution < 1.29 is 12.8 Å². The third-order valence-electron chi connectivity index (χ3n) is 5.94. The maximum atomic E-state index is 13.2. The minimum atomic E-state index is -3.92. The van der Waals surface area contributed by atoms with Gasteiger partial charge in [-0.2, -0.15) is 0 Å². The standard InChI is InChI=1S/C28H19Cl2N5O3S2/c29-17-8-10-19(11-9-17)33-26-20-6-1-2-7-23(20)34-27(38-26)21-15-25-24(16-22(21)30)39-28(35-40(25,36)37)32-14-12-18-5-3-4-13-31-18/h1-11,13,15-16H,12,14H2,(H,32,35). The summed E-state index contributed by atoms with van der Waals surface area (Å²) in [5.41, 5.74) is 2.74. The number of aromatic nitrogens is 2. The fourth-order valence-corrected chi connectivity index (χ4v) is 7.11. The van der Waals surface area contributed by atoms with Crippen LogP contribution in [0.15, 0.2) is 109 Å². The number of rotatable bonds is 5. The van der Waals surface area contributed by atoms with Gasteiger partial charge in [-0.1, -0.05) is 53.2 Å². The summed E-state index contributed by atoms with van der Waals surface area (Å²) in [6.45, 7) is 0.378. The van der Waals surface area contributed by atoms with E-state index in [-0.39, 0.29) is 21.0 Å². The van der Waals surface area contributed by atoms with Crippen molar-refractivity contribution in [1.82, 2.24) is 14.7 Å². The van der Waals surface area contributed by atoms with Crippen LogP contribution in [0.4, 0.5) is 5.69 Å². The topological polar surface area (TPSA) is 110 Å². The van der Waals surface area contributed by atoms with E-state index in [0.717, 1.165) is 5.69 Å². The van der Waals surface area contributed by atoms with Crippen LogP contribution in [0.3, 0.4) is 0 Å². The first-order chi connectivity index (χ1) is 19.4. The van der Waals surface area contributed by atoms with Gasteiger partial charge in [-0.05, 0) is 60.7 Å². The summed E-state index contributed by atoms with van der Waals surface area (Å²) < 4.78 is 35.1. The molecule has 200 valence electrons. The molecule has 0 atom stereocenters. The lowest BCUT2D eigenvalue weighted by atomic mass is 10.2. The smallest absolute Gasteiger partial charge is 0.264 e. The van der Waals surface area contributed by atoms with Gasteiger partial charge in [-0.15, -0.1) is 0 Å². The van der Waals surface area contributed by atoms with Crippen molar-refractivity contribution in [2.75, 3.05) is 6.54 Å². The first kappa shape index (κ1) is 26.5. The number of nitrogens with zero attached hydrogens (tertiary/aromatic N) is 4. The lowest BCUT2D eigenvalue weighted by Gasteiger charge is -2.20. The summed E-state index contributed by atoms with van der Waals surface area (Å²) >= 11 is 13.9. The summed E-state index contributed by atoms with van der Waals surface area (Å²) in [5.74, 6) is 0.134. The molecule has 0 amide bonds. The second-order valence-electron chi connectivity index (χ2n) is 8.67. The van der Waals surface area contributed by atoms with E-state index < -0.39 is 10.0 Å². The van der Waals surface area contributed by atoms with E-state index in [9.17, 15) is 8.42 Å². The molecule has 2 aromatic heterocycles. The van der Waals surface area contributed by atoms with Crippen LogP contribution in [-0.2, 0) is 16.4 Å². The first-order valence-corrected chi connectivity index (χ1v) is 15.1. The molecular weight excluding hydrogens is 589 g/mol. The predicted octanol–water partition coefficient (Wildman–Crippen LogP) is 6.41. The van der Waals surface area contributed by atoms with Crippen LogP contribution in [0.25, 0.3) is 22.4 Å². The van der Waals surface area contributed by atoms with Gasteiger partial charge in [0.25, 0.3) is 10.0 Å². The number of sulfonamides is 1. The Morgan fingerprint density at radius 2 is 1.77 bits per heavy atom. The molecule has 8 nitrogen and oxygen atoms in total. The van der Waals surface area contributed by atoms with Crippen molar-refractivity contribution >= 4 is 66.7 Å². The van der Waals surface area contributed by atoms with Gasteiger partial charge in [-0.3, -0.25) is 14.7 Å². The maximum Gasteiger partial charge on any atom is 0.264 e. The number of halogens is 2. The van der Waals surface area contributed by atoms with Gasteiger partial charge in [0.15, 0.2) is 5.17 Å². The van der Waals surface area contributed by atoms with E-state index in [1.54, 1.807) is 36.5 Å². The Morgan fingerprint density at radius 1 is 0.975 bits per heavy atom. The second-order valence-corrected chi connectivity index (χ2v) is 12.2. The summed E-state index contributed by atoms with van der Waals surface area (Å²) in [6.07, 6.45) is 2.29. The van der Waals surface area contributed by atoms with Crippen LogP contribution in [0.1, 0.15) is 5.69 Å². The Hall–Kier alpha value is -3.70. The van der Waals surface area contributed by atoms with Crippen LogP contribution in [0.2, 0.25) is 10.0 Å². The molecule has 3 aromatic carbocycles. The molecular formula is C28H19Cl2N5O3S2. The molecule has 6 rings (SSSR count). The lowest BCUT2D eigenvalue weighted by molar-refractivity contribution is 0.505. The predicted molar refractivity (Wildman–Crippen MR) is 158 cm³/mol. The largest absolute Gasteiger partial charge is 0.419 e. The Morgan fingerprint density at radius 3 is 2.58 bits per heavy atom. The van der Waals surface area contributed by atoms with Crippen molar-refractivity contribution in [2.45, 2.75) is 16.2 Å². The highest BCUT2D eigenvalue weighted by molar-refractivity contribution is 8.16. The molecule has 0 saturated heterocycles. The average Bonchev–Trinajstić information content (AvgIpc) is 2.94. The van der Waals surface area contributed by atoms with Crippen LogP contribution < -0.4 is 10.3 Å². The zero-order valence-electron chi connectivity index (χ0n) is 20.6. The number of para-hydroxylation sites is 1. The van der Waals surface area contributed by atoms with E-state index in [2.05, 4.69) is 24.7 Å². The van der Waals surface area contributed by atoms with Gasteiger partial charge in [0.2, 0.25) is 11.4 Å². The van der Waals surface area contributed by atoms with Gasteiger partial charge >= 0.3 is 0 Å². The SMILES string of the molecule is O=S1(=O)NC(=NCCc2ccccn2)Sc2cc(Cl)c(-c3nc4ccccc4c(=Nc4ccc(Cl)cc4)o3)cc21. The molecule has 1 aliphatic heterocycles. The molecule has 12 heteroatoms. The zero-order chi connectivity index (χ0) is 27.7. The van der Waals surface area contributed by atoms with Gasteiger partial charge in [-0.25, -0.2) is 18.4 Å². The lowest BCUT2D eigenvalue weighted by Crippen LogP contribution is -2.33. The Balaban J connectivity index is 1.39. The number of aliphatic imine (C=N–C) groups is 1. The second kappa shape index (κ2) is 11.1. The van der Waals surface area contributed by atoms with Gasteiger partial charge in [0.05, 0.1) is 27.2 Å². The van der Waals surface area contributed by atoms with Gasteiger partial charge in [0, 0.05) is 34.8 Å². The quantitative estimate of drug-likeness (QED) is 0.247. The van der Waals surface area contributed by atoms with Crippen LogP contribution >= 0.6 is 35.0 Å². The van der Waals surface area contributed by atoms with Crippen LogP contribution in [0.5, 0.6) is 0 Å². The molecule has 0 saturated carbocycles. The highest BCUT2D eigenvalue weighted by Crippen LogP contribution is 2.39. The normalized spacial score (nSPS) is 15.7. The van der Waals surface area contributed by atoms with Crippen molar-refractivity contribution in [3.63, 3.8) is 0 Å². The molecule has 3 heterocycles. The number of pyridine rings is 1. The Kier molecular flexibility index (Phi) is 7.33. The minimum absolute atomic E-state index is 0.0573. The highest BCUT2D eigenvalue weighted by Gasteiger charge is 2.30. The molecule has 0 unspecified atom stereocenters. The first-order valence-electron chi connectivity index (χ1n) is 12.0. The fourth-order valence-electron chi connectivity index (χ4n) is 4.03. The highest BCUT2D eigenvalue weighted by atomic mass is 35.5. The number of thioether (sulfide) groups is 1. The molecule has 0 spiro atoms. The molecule has 0 fully saturated rings. The van der Waals surface area contributed by atoms with E-state index >= 15 is 0 Å². The van der Waals surface area contributed by atoms with Crippen molar-refractivity contribution in [2.24, 2.45) is 9.98 Å².